The third kappa shape index (κ3) is 1.95. The van der Waals surface area contributed by atoms with E-state index < -0.39 is 0 Å². The second-order valence-corrected chi connectivity index (χ2v) is 7.22. The third-order valence-electron chi connectivity index (χ3n) is 4.61. The van der Waals surface area contributed by atoms with Gasteiger partial charge in [0.05, 0.1) is 12.1 Å². The molecule has 3 nitrogen and oxygen atoms in total. The van der Waals surface area contributed by atoms with Crippen LogP contribution in [-0.4, -0.2) is 23.6 Å². The van der Waals surface area contributed by atoms with Gasteiger partial charge in [0.25, 0.3) is 0 Å². The van der Waals surface area contributed by atoms with Crippen molar-refractivity contribution in [2.45, 2.75) is 52.5 Å². The van der Waals surface area contributed by atoms with Crippen molar-refractivity contribution in [3.8, 4) is 0 Å². The Labute approximate surface area is 114 Å². The first-order valence-electron chi connectivity index (χ1n) is 7.15. The van der Waals surface area contributed by atoms with Crippen LogP contribution in [0.2, 0.25) is 0 Å². The number of hydrogen-bond donors (Lipinski definition) is 0. The number of fused-ring (bicyclic) bond motifs is 1. The predicted octanol–water partition coefficient (Wildman–Crippen LogP) is 3.09. The van der Waals surface area contributed by atoms with Gasteiger partial charge >= 0.3 is 0 Å². The number of ketones is 1. The van der Waals surface area contributed by atoms with E-state index in [2.05, 4.69) is 38.3 Å². The molecule has 1 fully saturated rings. The Morgan fingerprint density at radius 3 is 2.63 bits per heavy atom. The van der Waals surface area contributed by atoms with E-state index >= 15 is 0 Å². The lowest BCUT2D eigenvalue weighted by atomic mass is 9.76. The van der Waals surface area contributed by atoms with Crippen molar-refractivity contribution in [3.05, 3.63) is 23.0 Å². The van der Waals surface area contributed by atoms with Gasteiger partial charge in [0.15, 0.2) is 5.78 Å². The van der Waals surface area contributed by atoms with E-state index in [0.29, 0.717) is 12.2 Å². The molecule has 2 heterocycles. The van der Waals surface area contributed by atoms with E-state index in [1.54, 1.807) is 0 Å². The highest BCUT2D eigenvalue weighted by Crippen LogP contribution is 2.40. The molecule has 1 aliphatic carbocycles. The van der Waals surface area contributed by atoms with E-state index in [0.717, 1.165) is 31.6 Å². The van der Waals surface area contributed by atoms with Gasteiger partial charge in [0.2, 0.25) is 0 Å². The number of Topliss-reactive ketones (excluding diaryl/α,β-unsaturated/α-hetero) is 1. The smallest absolute Gasteiger partial charge is 0.165 e. The summed E-state index contributed by atoms with van der Waals surface area (Å²) in [5.74, 6) is 0.301. The third-order valence-corrected chi connectivity index (χ3v) is 4.61. The molecular weight excluding hydrogens is 238 g/mol. The number of rotatable bonds is 1. The maximum Gasteiger partial charge on any atom is 0.165 e. The van der Waals surface area contributed by atoms with E-state index in [4.69, 9.17) is 4.74 Å². The first-order chi connectivity index (χ1) is 8.82. The molecule has 0 N–H and O–H groups in total. The number of aromatic nitrogens is 1. The normalized spacial score (nSPS) is 29.6. The molecule has 0 radical (unpaired) electrons. The van der Waals surface area contributed by atoms with E-state index in [-0.39, 0.29) is 11.0 Å². The lowest BCUT2D eigenvalue weighted by Gasteiger charge is -2.34. The first kappa shape index (κ1) is 12.9. The van der Waals surface area contributed by atoms with Crippen LogP contribution < -0.4 is 0 Å². The molecule has 0 saturated carbocycles. The van der Waals surface area contributed by atoms with Gasteiger partial charge in [-0.1, -0.05) is 13.8 Å². The maximum atomic E-state index is 12.3. The molecule has 1 aromatic heterocycles. The molecule has 104 valence electrons. The summed E-state index contributed by atoms with van der Waals surface area (Å²) in [5.41, 5.74) is 3.47. The summed E-state index contributed by atoms with van der Waals surface area (Å²) in [7, 11) is 0. The van der Waals surface area contributed by atoms with Crippen LogP contribution in [0, 0.1) is 12.3 Å². The summed E-state index contributed by atoms with van der Waals surface area (Å²) in [6.07, 6.45) is 2.68. The molecule has 1 aliphatic heterocycles. The zero-order valence-corrected chi connectivity index (χ0v) is 12.4. The van der Waals surface area contributed by atoms with Gasteiger partial charge in [-0.25, -0.2) is 0 Å². The van der Waals surface area contributed by atoms with Crippen LogP contribution in [0.3, 0.4) is 0 Å². The Bertz CT molecular complexity index is 533. The van der Waals surface area contributed by atoms with Crippen molar-refractivity contribution in [2.75, 3.05) is 13.2 Å². The van der Waals surface area contributed by atoms with Crippen molar-refractivity contribution in [1.29, 1.82) is 0 Å². The minimum absolute atomic E-state index is 0.0192. The van der Waals surface area contributed by atoms with E-state index in [9.17, 15) is 4.79 Å². The second-order valence-electron chi connectivity index (χ2n) is 7.22. The average Bonchev–Trinajstić information content (AvgIpc) is 2.82. The van der Waals surface area contributed by atoms with Crippen molar-refractivity contribution in [1.82, 2.24) is 4.57 Å². The molecule has 1 atom stereocenters. The van der Waals surface area contributed by atoms with Crippen LogP contribution in [0.15, 0.2) is 6.07 Å². The van der Waals surface area contributed by atoms with Gasteiger partial charge < -0.3 is 9.30 Å². The summed E-state index contributed by atoms with van der Waals surface area (Å²) < 4.78 is 7.99. The monoisotopic (exact) mass is 261 g/mol. The molecule has 3 heteroatoms. The number of nitrogens with zero attached hydrogens (tertiary/aromatic N) is 1. The Hall–Kier alpha value is -1.09. The average molecular weight is 261 g/mol. The van der Waals surface area contributed by atoms with Crippen LogP contribution in [0.25, 0.3) is 0 Å². The molecule has 0 amide bonds. The van der Waals surface area contributed by atoms with Crippen LogP contribution >= 0.6 is 0 Å². The lowest BCUT2D eigenvalue weighted by molar-refractivity contribution is 0.0905. The van der Waals surface area contributed by atoms with Crippen molar-refractivity contribution < 1.29 is 9.53 Å². The summed E-state index contributed by atoms with van der Waals surface area (Å²) in [6, 6.07) is 2.08. The summed E-state index contributed by atoms with van der Waals surface area (Å²) in [6.45, 7) is 10.3. The number of carbonyl (C=O) groups is 1. The number of ether oxygens (including phenoxy) is 1. The quantitative estimate of drug-likeness (QED) is 0.778. The Morgan fingerprint density at radius 1 is 1.26 bits per heavy atom. The standard InChI is InChI=1S/C16H23NO2/c1-11-7-12-13(8-15(2,3)9-14(12)18)17(11)16(4)5-6-19-10-16/h7H,5-6,8-10H2,1-4H3. The number of aryl methyl sites for hydroxylation is 1. The number of carbonyl (C=O) groups excluding carboxylic acids is 1. The molecule has 1 unspecified atom stereocenters. The van der Waals surface area contributed by atoms with Crippen molar-refractivity contribution >= 4 is 5.78 Å². The van der Waals surface area contributed by atoms with Gasteiger partial charge in [-0.05, 0) is 38.2 Å². The SMILES string of the molecule is Cc1cc2c(n1C1(C)CCOC1)CC(C)(C)CC2=O. The van der Waals surface area contributed by atoms with E-state index in [1.807, 2.05) is 0 Å². The summed E-state index contributed by atoms with van der Waals surface area (Å²) in [5, 5.41) is 0. The van der Waals surface area contributed by atoms with Gasteiger partial charge in [0, 0.05) is 30.0 Å². The van der Waals surface area contributed by atoms with E-state index in [1.165, 1.54) is 11.4 Å². The second kappa shape index (κ2) is 3.95. The largest absolute Gasteiger partial charge is 0.379 e. The topological polar surface area (TPSA) is 31.2 Å². The van der Waals surface area contributed by atoms with Gasteiger partial charge in [-0.15, -0.1) is 0 Å². The minimum Gasteiger partial charge on any atom is -0.379 e. The molecule has 1 aromatic rings. The lowest BCUT2D eigenvalue weighted by Crippen LogP contribution is -2.36. The molecule has 0 bridgehead atoms. The fourth-order valence-corrected chi connectivity index (χ4v) is 3.74. The van der Waals surface area contributed by atoms with Crippen molar-refractivity contribution in [3.63, 3.8) is 0 Å². The highest BCUT2D eigenvalue weighted by atomic mass is 16.5. The highest BCUT2D eigenvalue weighted by molar-refractivity contribution is 5.99. The zero-order chi connectivity index (χ0) is 13.8. The van der Waals surface area contributed by atoms with Crippen molar-refractivity contribution in [2.24, 2.45) is 5.41 Å². The molecule has 1 saturated heterocycles. The fraction of sp³-hybridized carbons (Fsp3) is 0.688. The van der Waals surface area contributed by atoms with Crippen LogP contribution in [0.5, 0.6) is 0 Å². The Balaban J connectivity index is 2.15. The van der Waals surface area contributed by atoms with Gasteiger partial charge in [-0.3, -0.25) is 4.79 Å². The van der Waals surface area contributed by atoms with Gasteiger partial charge in [-0.2, -0.15) is 0 Å². The summed E-state index contributed by atoms with van der Waals surface area (Å²) >= 11 is 0. The maximum absolute atomic E-state index is 12.3. The molecule has 2 aliphatic rings. The molecule has 0 aromatic carbocycles. The van der Waals surface area contributed by atoms with Crippen LogP contribution in [0.1, 0.15) is 55.4 Å². The van der Waals surface area contributed by atoms with Gasteiger partial charge in [0.1, 0.15) is 0 Å². The number of hydrogen-bond acceptors (Lipinski definition) is 2. The Morgan fingerprint density at radius 2 is 2.00 bits per heavy atom. The molecule has 0 spiro atoms. The Kier molecular flexibility index (Phi) is 2.69. The predicted molar refractivity (Wildman–Crippen MR) is 74.7 cm³/mol. The minimum atomic E-state index is 0.0192. The van der Waals surface area contributed by atoms with Crippen LogP contribution in [0.4, 0.5) is 0 Å². The summed E-state index contributed by atoms with van der Waals surface area (Å²) in [4.78, 5) is 12.3. The molecular formula is C16H23NO2. The van der Waals surface area contributed by atoms with Crippen LogP contribution in [-0.2, 0) is 16.7 Å². The highest BCUT2D eigenvalue weighted by Gasteiger charge is 2.40. The molecule has 3 rings (SSSR count). The molecule has 19 heavy (non-hydrogen) atoms. The fourth-order valence-electron chi connectivity index (χ4n) is 3.74. The first-order valence-corrected chi connectivity index (χ1v) is 7.15. The zero-order valence-electron chi connectivity index (χ0n) is 12.4.